The molecular formula is C38H38Cl2N4O6S. The summed E-state index contributed by atoms with van der Waals surface area (Å²) >= 11 is 12.6. The SMILES string of the molecule is Cc1ccc(S(=O)(=O)N[C@H](Cc2ccccc2)C(=O)Nc2cccc([C@@H]3O[C@H](Cn4cnc(Cl)c4Cl)[C@H](C)[C@H](c4ccc(CO)cc4)O3)c2)cc1. The fourth-order valence-corrected chi connectivity index (χ4v) is 7.50. The lowest BCUT2D eigenvalue weighted by Crippen LogP contribution is -2.45. The smallest absolute Gasteiger partial charge is 0.242 e. The summed E-state index contributed by atoms with van der Waals surface area (Å²) in [4.78, 5) is 18.0. The molecule has 10 nitrogen and oxygen atoms in total. The van der Waals surface area contributed by atoms with Gasteiger partial charge < -0.3 is 24.5 Å². The highest BCUT2D eigenvalue weighted by atomic mass is 35.5. The number of ether oxygens (including phenoxy) is 2. The molecule has 0 saturated carbocycles. The van der Waals surface area contributed by atoms with Gasteiger partial charge in [0.2, 0.25) is 15.9 Å². The molecule has 1 aliphatic rings. The Labute approximate surface area is 307 Å². The maximum atomic E-state index is 13.8. The number of nitrogens with one attached hydrogen (secondary N) is 2. The largest absolute Gasteiger partial charge is 0.392 e. The molecule has 0 spiro atoms. The van der Waals surface area contributed by atoms with E-state index in [1.807, 2.05) is 74.5 Å². The summed E-state index contributed by atoms with van der Waals surface area (Å²) in [5.74, 6) is -0.668. The Hall–Kier alpha value is -4.07. The number of sulfonamides is 1. The molecule has 5 aromatic rings. The fourth-order valence-electron chi connectivity index (χ4n) is 5.99. The first-order chi connectivity index (χ1) is 24.5. The summed E-state index contributed by atoms with van der Waals surface area (Å²) in [5.41, 5.74) is 4.46. The van der Waals surface area contributed by atoms with E-state index < -0.39 is 40.5 Å². The van der Waals surface area contributed by atoms with Crippen LogP contribution < -0.4 is 10.0 Å². The molecule has 3 N–H and O–H groups in total. The van der Waals surface area contributed by atoms with Crippen LogP contribution in [0.15, 0.2) is 114 Å². The van der Waals surface area contributed by atoms with E-state index in [1.165, 1.54) is 12.1 Å². The van der Waals surface area contributed by atoms with Crippen molar-refractivity contribution < 1.29 is 27.8 Å². The minimum absolute atomic E-state index is 0.0659. The molecule has 0 bridgehead atoms. The number of amides is 1. The molecule has 1 aromatic heterocycles. The number of aromatic nitrogens is 2. The standard InChI is InChI=1S/C38H38Cl2N4O6S/c1-24-11-17-31(18-12-24)51(47,48)43-32(19-26-7-4-3-5-8-26)37(46)42-30-10-6-9-29(20-30)38-49-33(21-44-23-41-35(39)36(44)40)25(2)34(50-38)28-15-13-27(22-45)14-16-28/h3-18,20,23,25,32-34,38,43,45H,19,21-22H2,1-2H3,(H,42,46)/t25-,32+,33+,34+,38+/m0/s1. The van der Waals surface area contributed by atoms with Gasteiger partial charge in [-0.1, -0.05) is 115 Å². The second kappa shape index (κ2) is 16.1. The number of aryl methyl sites for hydroxylation is 1. The van der Waals surface area contributed by atoms with Crippen LogP contribution in [0.1, 0.15) is 47.1 Å². The third-order valence-corrected chi connectivity index (χ3v) is 11.1. The summed E-state index contributed by atoms with van der Waals surface area (Å²) in [6.45, 7) is 4.17. The van der Waals surface area contributed by atoms with Crippen LogP contribution in [0.25, 0.3) is 0 Å². The van der Waals surface area contributed by atoms with E-state index in [9.17, 15) is 18.3 Å². The molecule has 1 saturated heterocycles. The quantitative estimate of drug-likeness (QED) is 0.125. The molecule has 6 rings (SSSR count). The second-order valence-electron chi connectivity index (χ2n) is 12.6. The number of carbonyl (C=O) groups is 1. The Morgan fingerprint density at radius 3 is 2.31 bits per heavy atom. The number of anilines is 1. The molecule has 5 atom stereocenters. The van der Waals surface area contributed by atoms with E-state index in [2.05, 4.69) is 15.0 Å². The van der Waals surface area contributed by atoms with Crippen molar-refractivity contribution in [1.82, 2.24) is 14.3 Å². The van der Waals surface area contributed by atoms with Gasteiger partial charge in [0.05, 0.1) is 36.6 Å². The first-order valence-corrected chi connectivity index (χ1v) is 18.6. The van der Waals surface area contributed by atoms with Crippen LogP contribution in [-0.2, 0) is 43.9 Å². The van der Waals surface area contributed by atoms with Crippen molar-refractivity contribution in [3.05, 3.63) is 148 Å². The number of imidazole rings is 1. The molecule has 0 radical (unpaired) electrons. The van der Waals surface area contributed by atoms with Gasteiger partial charge in [0, 0.05) is 17.2 Å². The molecule has 13 heteroatoms. The zero-order chi connectivity index (χ0) is 36.1. The van der Waals surface area contributed by atoms with Crippen molar-refractivity contribution in [3.63, 3.8) is 0 Å². The third-order valence-electron chi connectivity index (χ3n) is 8.89. The molecule has 266 valence electrons. The van der Waals surface area contributed by atoms with E-state index in [4.69, 9.17) is 32.7 Å². The Bertz CT molecular complexity index is 2060. The molecule has 1 aliphatic heterocycles. The van der Waals surface area contributed by atoms with Gasteiger partial charge in [0.15, 0.2) is 11.4 Å². The predicted molar refractivity (Wildman–Crippen MR) is 196 cm³/mol. The molecule has 51 heavy (non-hydrogen) atoms. The van der Waals surface area contributed by atoms with E-state index >= 15 is 0 Å². The van der Waals surface area contributed by atoms with Gasteiger partial charge in [0.25, 0.3) is 0 Å². The second-order valence-corrected chi connectivity index (χ2v) is 15.0. The van der Waals surface area contributed by atoms with Gasteiger partial charge in [-0.2, -0.15) is 4.72 Å². The van der Waals surface area contributed by atoms with E-state index in [0.717, 1.165) is 22.3 Å². The number of hydrogen-bond donors (Lipinski definition) is 3. The lowest BCUT2D eigenvalue weighted by atomic mass is 9.90. The van der Waals surface area contributed by atoms with Crippen LogP contribution in [0.5, 0.6) is 0 Å². The summed E-state index contributed by atoms with van der Waals surface area (Å²) in [6, 6.07) is 29.2. The fraction of sp³-hybridized carbons (Fsp3) is 0.263. The first-order valence-electron chi connectivity index (χ1n) is 16.4. The van der Waals surface area contributed by atoms with E-state index in [0.29, 0.717) is 22.9 Å². The maximum absolute atomic E-state index is 13.8. The molecule has 0 unspecified atom stereocenters. The Morgan fingerprint density at radius 2 is 1.65 bits per heavy atom. The zero-order valence-electron chi connectivity index (χ0n) is 27.9. The van der Waals surface area contributed by atoms with Gasteiger partial charge in [-0.05, 0) is 54.3 Å². The number of nitrogens with zero attached hydrogens (tertiary/aromatic N) is 2. The summed E-state index contributed by atoms with van der Waals surface area (Å²) in [7, 11) is -4.02. The maximum Gasteiger partial charge on any atom is 0.242 e. The highest BCUT2D eigenvalue weighted by molar-refractivity contribution is 7.89. The van der Waals surface area contributed by atoms with Gasteiger partial charge in [0.1, 0.15) is 11.2 Å². The van der Waals surface area contributed by atoms with Crippen LogP contribution in [0.4, 0.5) is 5.69 Å². The van der Waals surface area contributed by atoms with Crippen LogP contribution in [-0.4, -0.2) is 41.1 Å². The van der Waals surface area contributed by atoms with Crippen molar-refractivity contribution in [2.45, 2.75) is 62.9 Å². The van der Waals surface area contributed by atoms with Crippen LogP contribution in [0, 0.1) is 12.8 Å². The monoisotopic (exact) mass is 748 g/mol. The van der Waals surface area contributed by atoms with E-state index in [-0.39, 0.29) is 29.0 Å². The Morgan fingerprint density at radius 1 is 0.922 bits per heavy atom. The minimum atomic E-state index is -4.02. The van der Waals surface area contributed by atoms with Crippen molar-refractivity contribution >= 4 is 44.8 Å². The lowest BCUT2D eigenvalue weighted by Gasteiger charge is -2.41. The van der Waals surface area contributed by atoms with Gasteiger partial charge in [-0.15, -0.1) is 0 Å². The highest BCUT2D eigenvalue weighted by Gasteiger charge is 2.39. The molecular weight excluding hydrogens is 711 g/mol. The Kier molecular flexibility index (Phi) is 11.6. The zero-order valence-corrected chi connectivity index (χ0v) is 30.3. The molecule has 0 aliphatic carbocycles. The highest BCUT2D eigenvalue weighted by Crippen LogP contribution is 2.42. The normalized spacial score (nSPS) is 19.8. The van der Waals surface area contributed by atoms with Crippen molar-refractivity contribution in [2.24, 2.45) is 5.92 Å². The number of hydrogen-bond acceptors (Lipinski definition) is 7. The Balaban J connectivity index is 1.26. The number of aliphatic hydroxyl groups excluding tert-OH is 1. The minimum Gasteiger partial charge on any atom is -0.392 e. The van der Waals surface area contributed by atoms with Crippen LogP contribution in [0.2, 0.25) is 10.3 Å². The summed E-state index contributed by atoms with van der Waals surface area (Å²) < 4.78 is 44.3. The number of carbonyl (C=O) groups excluding carboxylic acids is 1. The van der Waals surface area contributed by atoms with Gasteiger partial charge in [-0.25, -0.2) is 13.4 Å². The van der Waals surface area contributed by atoms with Crippen molar-refractivity contribution in [3.8, 4) is 0 Å². The molecule has 1 amide bonds. The van der Waals surface area contributed by atoms with Gasteiger partial charge >= 0.3 is 0 Å². The van der Waals surface area contributed by atoms with Crippen molar-refractivity contribution in [2.75, 3.05) is 5.32 Å². The number of aliphatic hydroxyl groups is 1. The molecule has 2 heterocycles. The topological polar surface area (TPSA) is 132 Å². The summed E-state index contributed by atoms with van der Waals surface area (Å²) in [6.07, 6.45) is 0.0561. The van der Waals surface area contributed by atoms with Crippen LogP contribution >= 0.6 is 23.2 Å². The lowest BCUT2D eigenvalue weighted by molar-refractivity contribution is -0.276. The number of rotatable bonds is 12. The average molecular weight is 750 g/mol. The molecule has 4 aromatic carbocycles. The van der Waals surface area contributed by atoms with E-state index in [1.54, 1.807) is 41.2 Å². The number of benzene rings is 4. The third kappa shape index (κ3) is 8.88. The summed E-state index contributed by atoms with van der Waals surface area (Å²) in [5, 5.41) is 13.0. The number of halogens is 2. The van der Waals surface area contributed by atoms with Gasteiger partial charge in [-0.3, -0.25) is 4.79 Å². The molecule has 1 fully saturated rings. The average Bonchev–Trinajstić information content (AvgIpc) is 3.45. The van der Waals surface area contributed by atoms with Crippen LogP contribution in [0.3, 0.4) is 0 Å². The first kappa shape index (κ1) is 36.7. The predicted octanol–water partition coefficient (Wildman–Crippen LogP) is 7.01. The van der Waals surface area contributed by atoms with Crippen molar-refractivity contribution in [1.29, 1.82) is 0 Å².